The topological polar surface area (TPSA) is 47.0 Å². The molecular formula is C15H16FN3O. The molecule has 0 aromatic carbocycles. The Morgan fingerprint density at radius 2 is 2.15 bits per heavy atom. The lowest BCUT2D eigenvalue weighted by Crippen LogP contribution is -2.16. The molecule has 1 aliphatic rings. The van der Waals surface area contributed by atoms with Crippen LogP contribution in [-0.2, 0) is 13.2 Å². The van der Waals surface area contributed by atoms with Crippen LogP contribution in [0.4, 0.5) is 4.39 Å². The maximum atomic E-state index is 13.0. The summed E-state index contributed by atoms with van der Waals surface area (Å²) in [6, 6.07) is 5.90. The number of pyridine rings is 2. The number of aromatic nitrogens is 2. The van der Waals surface area contributed by atoms with E-state index >= 15 is 0 Å². The Morgan fingerprint density at radius 3 is 2.85 bits per heavy atom. The average molecular weight is 273 g/mol. The van der Waals surface area contributed by atoms with E-state index in [4.69, 9.17) is 4.74 Å². The van der Waals surface area contributed by atoms with Crippen molar-refractivity contribution in [1.82, 2.24) is 15.3 Å². The van der Waals surface area contributed by atoms with Crippen LogP contribution in [0.2, 0.25) is 0 Å². The molecule has 0 saturated heterocycles. The minimum absolute atomic E-state index is 0.284. The third-order valence-electron chi connectivity index (χ3n) is 3.11. The van der Waals surface area contributed by atoms with Gasteiger partial charge in [-0.05, 0) is 31.0 Å². The Labute approximate surface area is 117 Å². The highest BCUT2D eigenvalue weighted by atomic mass is 19.1. The van der Waals surface area contributed by atoms with E-state index in [0.29, 0.717) is 17.4 Å². The Bertz CT molecular complexity index is 570. The van der Waals surface area contributed by atoms with Crippen molar-refractivity contribution in [2.45, 2.75) is 32.0 Å². The molecule has 1 aliphatic carbocycles. The molecule has 3 rings (SSSR count). The number of hydrogen-bond acceptors (Lipinski definition) is 4. The van der Waals surface area contributed by atoms with Gasteiger partial charge in [-0.25, -0.2) is 4.39 Å². The first kappa shape index (κ1) is 13.0. The highest BCUT2D eigenvalue weighted by Crippen LogP contribution is 2.19. The van der Waals surface area contributed by atoms with Crippen molar-refractivity contribution in [3.63, 3.8) is 0 Å². The molecule has 0 spiro atoms. The third-order valence-corrected chi connectivity index (χ3v) is 3.11. The van der Waals surface area contributed by atoms with Crippen LogP contribution in [-0.4, -0.2) is 16.0 Å². The summed E-state index contributed by atoms with van der Waals surface area (Å²) < 4.78 is 18.5. The molecule has 5 heteroatoms. The van der Waals surface area contributed by atoms with E-state index in [1.807, 2.05) is 12.1 Å². The van der Waals surface area contributed by atoms with E-state index in [0.717, 1.165) is 12.2 Å². The first-order valence-corrected chi connectivity index (χ1v) is 6.70. The lowest BCUT2D eigenvalue weighted by Gasteiger charge is -2.07. The van der Waals surface area contributed by atoms with Crippen LogP contribution in [0.25, 0.3) is 0 Å². The van der Waals surface area contributed by atoms with E-state index in [2.05, 4.69) is 15.3 Å². The van der Waals surface area contributed by atoms with E-state index in [1.54, 1.807) is 12.4 Å². The SMILES string of the molecule is Fc1cncc(COc2ccc(CNC3CC3)nc2)c1. The van der Waals surface area contributed by atoms with Gasteiger partial charge in [-0.2, -0.15) is 0 Å². The fourth-order valence-electron chi connectivity index (χ4n) is 1.84. The zero-order valence-corrected chi connectivity index (χ0v) is 11.1. The van der Waals surface area contributed by atoms with Gasteiger partial charge in [0.2, 0.25) is 0 Å². The predicted molar refractivity (Wildman–Crippen MR) is 72.6 cm³/mol. The van der Waals surface area contributed by atoms with Gasteiger partial charge < -0.3 is 10.1 Å². The largest absolute Gasteiger partial charge is 0.487 e. The zero-order chi connectivity index (χ0) is 13.8. The van der Waals surface area contributed by atoms with Crippen LogP contribution in [0.5, 0.6) is 5.75 Å². The molecular weight excluding hydrogens is 257 g/mol. The van der Waals surface area contributed by atoms with E-state index in [-0.39, 0.29) is 12.4 Å². The molecule has 104 valence electrons. The summed E-state index contributed by atoms with van der Waals surface area (Å²) in [7, 11) is 0. The average Bonchev–Trinajstić information content (AvgIpc) is 3.28. The van der Waals surface area contributed by atoms with Crippen LogP contribution < -0.4 is 10.1 Å². The second kappa shape index (κ2) is 5.96. The summed E-state index contributed by atoms with van der Waals surface area (Å²) in [6.07, 6.45) is 6.99. The zero-order valence-electron chi connectivity index (χ0n) is 11.1. The molecule has 0 bridgehead atoms. The van der Waals surface area contributed by atoms with Crippen LogP contribution >= 0.6 is 0 Å². The fraction of sp³-hybridized carbons (Fsp3) is 0.333. The maximum absolute atomic E-state index is 13.0. The summed E-state index contributed by atoms with van der Waals surface area (Å²) >= 11 is 0. The van der Waals surface area contributed by atoms with Crippen molar-refractivity contribution in [3.8, 4) is 5.75 Å². The Balaban J connectivity index is 1.52. The molecule has 0 atom stereocenters. The van der Waals surface area contributed by atoms with Crippen LogP contribution in [0.3, 0.4) is 0 Å². The van der Waals surface area contributed by atoms with Gasteiger partial charge in [0.1, 0.15) is 18.2 Å². The molecule has 2 aromatic heterocycles. The predicted octanol–water partition coefficient (Wildman–Crippen LogP) is 2.45. The van der Waals surface area contributed by atoms with Gasteiger partial charge in [-0.3, -0.25) is 9.97 Å². The van der Waals surface area contributed by atoms with Crippen LogP contribution in [0.1, 0.15) is 24.1 Å². The Kier molecular flexibility index (Phi) is 3.87. The maximum Gasteiger partial charge on any atom is 0.141 e. The van der Waals surface area contributed by atoms with Crippen LogP contribution in [0.15, 0.2) is 36.8 Å². The summed E-state index contributed by atoms with van der Waals surface area (Å²) in [5.41, 5.74) is 1.70. The van der Waals surface area contributed by atoms with Crippen molar-refractivity contribution in [1.29, 1.82) is 0 Å². The number of ether oxygens (including phenoxy) is 1. The van der Waals surface area contributed by atoms with Gasteiger partial charge in [-0.1, -0.05) is 0 Å². The lowest BCUT2D eigenvalue weighted by atomic mass is 10.3. The molecule has 0 aliphatic heterocycles. The number of nitrogens with zero attached hydrogens (tertiary/aromatic N) is 2. The first-order chi connectivity index (χ1) is 9.79. The van der Waals surface area contributed by atoms with Crippen molar-refractivity contribution >= 4 is 0 Å². The lowest BCUT2D eigenvalue weighted by molar-refractivity contribution is 0.303. The number of nitrogens with one attached hydrogen (secondary N) is 1. The minimum atomic E-state index is -0.356. The van der Waals surface area contributed by atoms with Crippen molar-refractivity contribution in [2.24, 2.45) is 0 Å². The molecule has 0 amide bonds. The summed E-state index contributed by atoms with van der Waals surface area (Å²) in [5, 5.41) is 3.40. The monoisotopic (exact) mass is 273 g/mol. The van der Waals surface area contributed by atoms with E-state index < -0.39 is 0 Å². The highest BCUT2D eigenvalue weighted by Gasteiger charge is 2.19. The quantitative estimate of drug-likeness (QED) is 0.878. The van der Waals surface area contributed by atoms with Gasteiger partial charge in [-0.15, -0.1) is 0 Å². The Morgan fingerprint density at radius 1 is 1.25 bits per heavy atom. The first-order valence-electron chi connectivity index (χ1n) is 6.70. The van der Waals surface area contributed by atoms with Crippen molar-refractivity contribution < 1.29 is 9.13 Å². The van der Waals surface area contributed by atoms with E-state index in [9.17, 15) is 4.39 Å². The summed E-state index contributed by atoms with van der Waals surface area (Å²) in [4.78, 5) is 8.11. The van der Waals surface area contributed by atoms with Gasteiger partial charge in [0.15, 0.2) is 0 Å². The summed E-state index contributed by atoms with van der Waals surface area (Å²) in [5.74, 6) is 0.315. The minimum Gasteiger partial charge on any atom is -0.487 e. The highest BCUT2D eigenvalue weighted by molar-refractivity contribution is 5.21. The number of rotatable bonds is 6. The molecule has 2 aromatic rings. The molecule has 1 fully saturated rings. The number of hydrogen-bond donors (Lipinski definition) is 1. The molecule has 0 unspecified atom stereocenters. The molecule has 20 heavy (non-hydrogen) atoms. The van der Waals surface area contributed by atoms with Crippen molar-refractivity contribution in [2.75, 3.05) is 0 Å². The van der Waals surface area contributed by atoms with Gasteiger partial charge in [0, 0.05) is 24.3 Å². The second-order valence-corrected chi connectivity index (χ2v) is 4.94. The molecule has 2 heterocycles. The smallest absolute Gasteiger partial charge is 0.141 e. The van der Waals surface area contributed by atoms with Crippen molar-refractivity contribution in [3.05, 3.63) is 53.9 Å². The fourth-order valence-corrected chi connectivity index (χ4v) is 1.84. The third kappa shape index (κ3) is 3.74. The standard InChI is InChI=1S/C15H16FN3O/c16-12-5-11(6-17-7-12)10-20-15-4-3-14(19-9-15)8-18-13-1-2-13/h3-7,9,13,18H,1-2,8,10H2. The molecule has 1 saturated carbocycles. The molecule has 1 N–H and O–H groups in total. The number of halogens is 1. The normalized spacial score (nSPS) is 14.2. The van der Waals surface area contributed by atoms with E-state index in [1.165, 1.54) is 25.1 Å². The van der Waals surface area contributed by atoms with Crippen LogP contribution in [0, 0.1) is 5.82 Å². The summed E-state index contributed by atoms with van der Waals surface area (Å²) in [6.45, 7) is 1.07. The van der Waals surface area contributed by atoms with Gasteiger partial charge in [0.05, 0.1) is 18.1 Å². The molecule has 4 nitrogen and oxygen atoms in total. The second-order valence-electron chi connectivity index (χ2n) is 4.94. The van der Waals surface area contributed by atoms with Gasteiger partial charge >= 0.3 is 0 Å². The Hall–Kier alpha value is -2.01. The van der Waals surface area contributed by atoms with Gasteiger partial charge in [0.25, 0.3) is 0 Å². The molecule has 0 radical (unpaired) electrons.